The van der Waals surface area contributed by atoms with E-state index in [1.807, 2.05) is 38.1 Å². The number of ether oxygens (including phenoxy) is 2. The SMILES string of the molecule is CCNC(=NCc1ccccc1OCC)NCCOCCS(C)(=O)=O.I. The van der Waals surface area contributed by atoms with Crippen LogP contribution >= 0.6 is 24.0 Å². The first-order valence-electron chi connectivity index (χ1n) is 8.44. The molecule has 0 spiro atoms. The van der Waals surface area contributed by atoms with Crippen molar-refractivity contribution in [1.29, 1.82) is 0 Å². The van der Waals surface area contributed by atoms with Crippen LogP contribution in [0.2, 0.25) is 0 Å². The van der Waals surface area contributed by atoms with Crippen molar-refractivity contribution in [2.45, 2.75) is 20.4 Å². The molecule has 1 aromatic carbocycles. The molecule has 0 atom stereocenters. The molecule has 0 amide bonds. The number of aliphatic imine (C=N–C) groups is 1. The minimum absolute atomic E-state index is 0. The van der Waals surface area contributed by atoms with Crippen molar-refractivity contribution < 1.29 is 17.9 Å². The van der Waals surface area contributed by atoms with Crippen LogP contribution in [0, 0.1) is 0 Å². The highest BCUT2D eigenvalue weighted by Gasteiger charge is 2.04. The number of sulfone groups is 1. The zero-order valence-electron chi connectivity index (χ0n) is 15.7. The molecule has 0 radical (unpaired) electrons. The maximum atomic E-state index is 11.0. The lowest BCUT2D eigenvalue weighted by atomic mass is 10.2. The normalized spacial score (nSPS) is 11.6. The van der Waals surface area contributed by atoms with E-state index >= 15 is 0 Å². The van der Waals surface area contributed by atoms with Crippen LogP contribution in [0.4, 0.5) is 0 Å². The lowest BCUT2D eigenvalue weighted by molar-refractivity contribution is 0.154. The lowest BCUT2D eigenvalue weighted by Gasteiger charge is -2.12. The van der Waals surface area contributed by atoms with Crippen LogP contribution in [-0.2, 0) is 21.1 Å². The first-order valence-corrected chi connectivity index (χ1v) is 10.5. The van der Waals surface area contributed by atoms with Gasteiger partial charge in [0.05, 0.1) is 32.1 Å². The van der Waals surface area contributed by atoms with E-state index in [0.717, 1.165) is 17.9 Å². The van der Waals surface area contributed by atoms with Crippen LogP contribution in [-0.4, -0.2) is 59.3 Å². The van der Waals surface area contributed by atoms with E-state index in [-0.39, 0.29) is 36.3 Å². The topological polar surface area (TPSA) is 89.0 Å². The molecule has 0 fully saturated rings. The summed E-state index contributed by atoms with van der Waals surface area (Å²) in [5.74, 6) is 1.56. The summed E-state index contributed by atoms with van der Waals surface area (Å²) in [5.41, 5.74) is 1.02. The molecule has 0 heterocycles. The molecule has 0 saturated heterocycles. The van der Waals surface area contributed by atoms with Gasteiger partial charge in [-0.1, -0.05) is 18.2 Å². The molecule has 1 aromatic rings. The van der Waals surface area contributed by atoms with Crippen molar-refractivity contribution in [3.63, 3.8) is 0 Å². The van der Waals surface area contributed by atoms with Gasteiger partial charge in [-0.2, -0.15) is 0 Å². The molecular formula is C17H30IN3O4S. The van der Waals surface area contributed by atoms with Gasteiger partial charge in [0.1, 0.15) is 15.6 Å². The van der Waals surface area contributed by atoms with E-state index in [4.69, 9.17) is 9.47 Å². The Balaban J connectivity index is 0.00000625. The summed E-state index contributed by atoms with van der Waals surface area (Å²) in [6.45, 7) is 6.97. The Labute approximate surface area is 173 Å². The van der Waals surface area contributed by atoms with Gasteiger partial charge in [-0.25, -0.2) is 13.4 Å². The molecule has 9 heteroatoms. The third-order valence-electron chi connectivity index (χ3n) is 3.16. The summed E-state index contributed by atoms with van der Waals surface area (Å²) in [4.78, 5) is 4.55. The van der Waals surface area contributed by atoms with Gasteiger partial charge in [0, 0.05) is 24.9 Å². The van der Waals surface area contributed by atoms with E-state index in [9.17, 15) is 8.42 Å². The Morgan fingerprint density at radius 3 is 2.54 bits per heavy atom. The van der Waals surface area contributed by atoms with Gasteiger partial charge in [-0.3, -0.25) is 0 Å². The Bertz CT molecular complexity index is 639. The zero-order valence-corrected chi connectivity index (χ0v) is 18.8. The van der Waals surface area contributed by atoms with Gasteiger partial charge in [0.2, 0.25) is 0 Å². The molecule has 0 aliphatic heterocycles. The number of para-hydroxylation sites is 1. The fourth-order valence-electron chi connectivity index (χ4n) is 1.99. The van der Waals surface area contributed by atoms with Crippen LogP contribution in [0.3, 0.4) is 0 Å². The summed E-state index contributed by atoms with van der Waals surface area (Å²) in [6, 6.07) is 7.83. The number of hydrogen-bond donors (Lipinski definition) is 2. The fraction of sp³-hybridized carbons (Fsp3) is 0.588. The minimum Gasteiger partial charge on any atom is -0.494 e. The third kappa shape index (κ3) is 11.5. The van der Waals surface area contributed by atoms with Gasteiger partial charge >= 0.3 is 0 Å². The summed E-state index contributed by atoms with van der Waals surface area (Å²) >= 11 is 0. The van der Waals surface area contributed by atoms with Crippen LogP contribution in [0.1, 0.15) is 19.4 Å². The number of hydrogen-bond acceptors (Lipinski definition) is 5. The highest BCUT2D eigenvalue weighted by molar-refractivity contribution is 14.0. The predicted octanol–water partition coefficient (Wildman–Crippen LogP) is 1.82. The summed E-state index contributed by atoms with van der Waals surface area (Å²) < 4.78 is 32.9. The van der Waals surface area contributed by atoms with Crippen LogP contribution in [0.25, 0.3) is 0 Å². The molecule has 0 aliphatic rings. The van der Waals surface area contributed by atoms with Gasteiger partial charge < -0.3 is 20.1 Å². The first kappa shape index (κ1) is 24.9. The number of halogens is 1. The van der Waals surface area contributed by atoms with E-state index in [0.29, 0.717) is 32.3 Å². The average Bonchev–Trinajstić information content (AvgIpc) is 2.56. The average molecular weight is 499 g/mol. The molecule has 7 nitrogen and oxygen atoms in total. The molecule has 0 saturated carbocycles. The number of guanidine groups is 1. The molecule has 2 N–H and O–H groups in total. The largest absolute Gasteiger partial charge is 0.494 e. The van der Waals surface area contributed by atoms with Crippen LogP contribution < -0.4 is 15.4 Å². The van der Waals surface area contributed by atoms with Crippen molar-refractivity contribution in [1.82, 2.24) is 10.6 Å². The number of nitrogens with zero attached hydrogens (tertiary/aromatic N) is 1. The number of nitrogens with one attached hydrogen (secondary N) is 2. The molecular weight excluding hydrogens is 469 g/mol. The molecule has 0 bridgehead atoms. The van der Waals surface area contributed by atoms with Crippen molar-refractivity contribution in [3.8, 4) is 5.75 Å². The third-order valence-corrected chi connectivity index (χ3v) is 4.07. The van der Waals surface area contributed by atoms with E-state index in [1.54, 1.807) is 0 Å². The fourth-order valence-corrected chi connectivity index (χ4v) is 2.41. The molecule has 0 unspecified atom stereocenters. The monoisotopic (exact) mass is 499 g/mol. The summed E-state index contributed by atoms with van der Waals surface area (Å²) in [7, 11) is -2.98. The number of rotatable bonds is 11. The zero-order chi connectivity index (χ0) is 18.5. The second kappa shape index (κ2) is 14.0. The van der Waals surface area contributed by atoms with Gasteiger partial charge in [-0.05, 0) is 19.9 Å². The molecule has 1 rings (SSSR count). The lowest BCUT2D eigenvalue weighted by Crippen LogP contribution is -2.39. The van der Waals surface area contributed by atoms with Gasteiger partial charge in [0.15, 0.2) is 5.96 Å². The summed E-state index contributed by atoms with van der Waals surface area (Å²) in [5, 5.41) is 6.33. The molecule has 26 heavy (non-hydrogen) atoms. The van der Waals surface area contributed by atoms with E-state index in [2.05, 4.69) is 15.6 Å². The van der Waals surface area contributed by atoms with Crippen LogP contribution in [0.15, 0.2) is 29.3 Å². The Morgan fingerprint density at radius 2 is 1.88 bits per heavy atom. The van der Waals surface area contributed by atoms with E-state index < -0.39 is 9.84 Å². The first-order chi connectivity index (χ1) is 12.0. The Hall–Kier alpha value is -1.07. The second-order valence-corrected chi connectivity index (χ2v) is 7.66. The highest BCUT2D eigenvalue weighted by Crippen LogP contribution is 2.18. The van der Waals surface area contributed by atoms with Crippen molar-refractivity contribution >= 4 is 39.8 Å². The molecule has 0 aromatic heterocycles. The second-order valence-electron chi connectivity index (χ2n) is 5.40. The smallest absolute Gasteiger partial charge is 0.191 e. The standard InChI is InChI=1S/C17H29N3O4S.HI/c1-4-18-17(19-10-11-23-12-13-25(3,21)22)20-14-15-8-6-7-9-16(15)24-5-2;/h6-9H,4-5,10-14H2,1-3H3,(H2,18,19,20);1H. The van der Waals surface area contributed by atoms with Crippen molar-refractivity contribution in [2.24, 2.45) is 4.99 Å². The van der Waals surface area contributed by atoms with Gasteiger partial charge in [0.25, 0.3) is 0 Å². The minimum atomic E-state index is -2.98. The van der Waals surface area contributed by atoms with Gasteiger partial charge in [-0.15, -0.1) is 24.0 Å². The van der Waals surface area contributed by atoms with Crippen LogP contribution in [0.5, 0.6) is 5.75 Å². The summed E-state index contributed by atoms with van der Waals surface area (Å²) in [6.07, 6.45) is 1.20. The quantitative estimate of drug-likeness (QED) is 0.209. The Morgan fingerprint density at radius 1 is 1.15 bits per heavy atom. The van der Waals surface area contributed by atoms with Crippen molar-refractivity contribution in [2.75, 3.05) is 44.9 Å². The van der Waals surface area contributed by atoms with Crippen molar-refractivity contribution in [3.05, 3.63) is 29.8 Å². The Kier molecular flexibility index (Phi) is 13.5. The molecule has 150 valence electrons. The maximum absolute atomic E-state index is 11.0. The van der Waals surface area contributed by atoms with E-state index in [1.165, 1.54) is 6.26 Å². The maximum Gasteiger partial charge on any atom is 0.191 e. The predicted molar refractivity (Wildman–Crippen MR) is 116 cm³/mol. The highest BCUT2D eigenvalue weighted by atomic mass is 127. The molecule has 0 aliphatic carbocycles. The number of benzene rings is 1.